The third kappa shape index (κ3) is 6.29. The third-order valence-corrected chi connectivity index (χ3v) is 5.23. The van der Waals surface area contributed by atoms with Gasteiger partial charge in [0.05, 0.1) is 17.8 Å². The highest BCUT2D eigenvalue weighted by atomic mass is 16.5. The van der Waals surface area contributed by atoms with Crippen LogP contribution in [0.25, 0.3) is 0 Å². The van der Waals surface area contributed by atoms with Gasteiger partial charge >= 0.3 is 0 Å². The molecule has 0 aromatic heterocycles. The predicted octanol–water partition coefficient (Wildman–Crippen LogP) is 3.54. The van der Waals surface area contributed by atoms with Crippen LogP contribution >= 0.6 is 0 Å². The molecule has 1 heterocycles. The minimum Gasteiger partial charge on any atom is -0.378 e. The van der Waals surface area contributed by atoms with E-state index in [1.165, 1.54) is 19.6 Å². The van der Waals surface area contributed by atoms with Crippen LogP contribution in [0.2, 0.25) is 0 Å². The Morgan fingerprint density at radius 2 is 1.62 bits per heavy atom. The summed E-state index contributed by atoms with van der Waals surface area (Å²) in [5, 5.41) is 0. The summed E-state index contributed by atoms with van der Waals surface area (Å²) in [5.74, 6) is 0. The number of piperazine rings is 1. The van der Waals surface area contributed by atoms with Crippen molar-refractivity contribution in [1.82, 2.24) is 9.80 Å². The molecule has 1 aliphatic heterocycles. The van der Waals surface area contributed by atoms with E-state index in [0.717, 1.165) is 32.4 Å². The van der Waals surface area contributed by atoms with Crippen molar-refractivity contribution in [3.63, 3.8) is 0 Å². The van der Waals surface area contributed by atoms with E-state index in [1.54, 1.807) is 0 Å². The van der Waals surface area contributed by atoms with Crippen molar-refractivity contribution >= 4 is 0 Å². The average Bonchev–Trinajstić information content (AvgIpc) is 2.39. The van der Waals surface area contributed by atoms with Crippen molar-refractivity contribution in [2.24, 2.45) is 0 Å². The molecule has 4 heteroatoms. The second-order valence-corrected chi connectivity index (χ2v) is 9.67. The third-order valence-electron chi connectivity index (χ3n) is 5.23. The molecule has 0 amide bonds. The lowest BCUT2D eigenvalue weighted by molar-refractivity contribution is -0.149. The van der Waals surface area contributed by atoms with Crippen molar-refractivity contribution in [3.05, 3.63) is 0 Å². The summed E-state index contributed by atoms with van der Waals surface area (Å²) < 4.78 is 12.0. The van der Waals surface area contributed by atoms with Gasteiger partial charge in [0.15, 0.2) is 0 Å². The molecule has 1 saturated heterocycles. The standard InChI is InChI=1S/C20H40N2O2/c1-16-15-22(19(2,3)4)11-10-21(16)9-8-12-23-17-13-18(14-17)24-20(5,6)7/h16-18H,8-15H2,1-7H3. The van der Waals surface area contributed by atoms with Crippen LogP contribution in [0.15, 0.2) is 0 Å². The molecule has 0 bridgehead atoms. The Labute approximate surface area is 149 Å². The van der Waals surface area contributed by atoms with E-state index < -0.39 is 0 Å². The average molecular weight is 341 g/mol. The lowest BCUT2D eigenvalue weighted by Crippen LogP contribution is -2.57. The van der Waals surface area contributed by atoms with Gasteiger partial charge in [-0.15, -0.1) is 0 Å². The van der Waals surface area contributed by atoms with E-state index in [1.807, 2.05) is 0 Å². The quantitative estimate of drug-likeness (QED) is 0.691. The Kier molecular flexibility index (Phi) is 6.74. The van der Waals surface area contributed by atoms with Crippen LogP contribution in [0.5, 0.6) is 0 Å². The summed E-state index contributed by atoms with van der Waals surface area (Å²) in [7, 11) is 0. The Balaban J connectivity index is 1.55. The molecular formula is C20H40N2O2. The summed E-state index contributed by atoms with van der Waals surface area (Å²) in [6, 6.07) is 0.645. The minimum atomic E-state index is -0.0268. The molecule has 0 aromatic carbocycles. The van der Waals surface area contributed by atoms with Crippen molar-refractivity contribution < 1.29 is 9.47 Å². The maximum Gasteiger partial charge on any atom is 0.0631 e. The first-order valence-electron chi connectivity index (χ1n) is 9.83. The van der Waals surface area contributed by atoms with E-state index in [2.05, 4.69) is 58.3 Å². The SMILES string of the molecule is CC1CN(C(C)(C)C)CCN1CCCOC1CC(OC(C)(C)C)C1. The number of hydrogen-bond acceptors (Lipinski definition) is 4. The van der Waals surface area contributed by atoms with Gasteiger partial charge in [0, 0.05) is 44.4 Å². The maximum atomic E-state index is 6.01. The first-order chi connectivity index (χ1) is 11.0. The number of nitrogens with zero attached hydrogens (tertiary/aromatic N) is 2. The van der Waals surface area contributed by atoms with Gasteiger partial charge in [0.1, 0.15) is 0 Å². The second-order valence-electron chi connectivity index (χ2n) is 9.67. The Bertz CT molecular complexity index is 380. The molecular weight excluding hydrogens is 300 g/mol. The largest absolute Gasteiger partial charge is 0.378 e. The molecule has 0 aromatic rings. The highest BCUT2D eigenvalue weighted by Gasteiger charge is 2.33. The monoisotopic (exact) mass is 340 g/mol. The van der Waals surface area contributed by atoms with Crippen LogP contribution in [0.4, 0.5) is 0 Å². The summed E-state index contributed by atoms with van der Waals surface area (Å²) >= 11 is 0. The van der Waals surface area contributed by atoms with Crippen molar-refractivity contribution in [1.29, 1.82) is 0 Å². The maximum absolute atomic E-state index is 6.01. The van der Waals surface area contributed by atoms with Crippen LogP contribution in [-0.4, -0.2) is 72.0 Å². The molecule has 0 spiro atoms. The molecule has 142 valence electrons. The van der Waals surface area contributed by atoms with Crippen LogP contribution in [0.3, 0.4) is 0 Å². The van der Waals surface area contributed by atoms with Gasteiger partial charge < -0.3 is 9.47 Å². The molecule has 2 fully saturated rings. The highest BCUT2D eigenvalue weighted by Crippen LogP contribution is 2.30. The molecule has 2 aliphatic rings. The van der Waals surface area contributed by atoms with E-state index in [-0.39, 0.29) is 5.60 Å². The van der Waals surface area contributed by atoms with Gasteiger partial charge in [-0.3, -0.25) is 9.80 Å². The van der Waals surface area contributed by atoms with Crippen LogP contribution in [-0.2, 0) is 9.47 Å². The van der Waals surface area contributed by atoms with Crippen molar-refractivity contribution in [2.75, 3.05) is 32.8 Å². The normalized spacial score (nSPS) is 30.4. The molecule has 1 saturated carbocycles. The number of rotatable bonds is 6. The second kappa shape index (κ2) is 8.03. The van der Waals surface area contributed by atoms with Gasteiger partial charge in [-0.25, -0.2) is 0 Å². The molecule has 24 heavy (non-hydrogen) atoms. The molecule has 1 aliphatic carbocycles. The van der Waals surface area contributed by atoms with Gasteiger partial charge in [-0.2, -0.15) is 0 Å². The Morgan fingerprint density at radius 1 is 0.958 bits per heavy atom. The molecule has 4 nitrogen and oxygen atoms in total. The fourth-order valence-electron chi connectivity index (χ4n) is 3.70. The minimum absolute atomic E-state index is 0.0268. The number of ether oxygens (including phenoxy) is 2. The van der Waals surface area contributed by atoms with E-state index >= 15 is 0 Å². The van der Waals surface area contributed by atoms with Crippen LogP contribution in [0, 0.1) is 0 Å². The Hall–Kier alpha value is -0.160. The zero-order chi connectivity index (χ0) is 18.0. The van der Waals surface area contributed by atoms with Crippen molar-refractivity contribution in [3.8, 4) is 0 Å². The van der Waals surface area contributed by atoms with Crippen molar-refractivity contribution in [2.45, 2.75) is 97.1 Å². The summed E-state index contributed by atoms with van der Waals surface area (Å²) in [4.78, 5) is 5.23. The molecule has 0 radical (unpaired) electrons. The predicted molar refractivity (Wildman–Crippen MR) is 101 cm³/mol. The van der Waals surface area contributed by atoms with Gasteiger partial charge in [0.25, 0.3) is 0 Å². The van der Waals surface area contributed by atoms with Gasteiger partial charge in [-0.05, 0) is 67.7 Å². The van der Waals surface area contributed by atoms with Gasteiger partial charge in [0.2, 0.25) is 0 Å². The summed E-state index contributed by atoms with van der Waals surface area (Å²) in [6.07, 6.45) is 4.10. The molecule has 2 rings (SSSR count). The Morgan fingerprint density at radius 3 is 2.17 bits per heavy atom. The fraction of sp³-hybridized carbons (Fsp3) is 1.00. The first-order valence-corrected chi connectivity index (χ1v) is 9.83. The van der Waals surface area contributed by atoms with Gasteiger partial charge in [-0.1, -0.05) is 0 Å². The lowest BCUT2D eigenvalue weighted by atomic mass is 9.91. The van der Waals surface area contributed by atoms with E-state index in [9.17, 15) is 0 Å². The summed E-state index contributed by atoms with van der Waals surface area (Å²) in [6.45, 7) is 21.3. The highest BCUT2D eigenvalue weighted by molar-refractivity contribution is 4.86. The molecule has 0 N–H and O–H groups in total. The molecule has 1 unspecified atom stereocenters. The smallest absolute Gasteiger partial charge is 0.0631 e. The van der Waals surface area contributed by atoms with E-state index in [0.29, 0.717) is 23.8 Å². The first kappa shape index (κ1) is 20.2. The lowest BCUT2D eigenvalue weighted by Gasteiger charge is -2.46. The van der Waals surface area contributed by atoms with Crippen LogP contribution in [0.1, 0.15) is 67.7 Å². The molecule has 1 atom stereocenters. The fourth-order valence-corrected chi connectivity index (χ4v) is 3.70. The topological polar surface area (TPSA) is 24.9 Å². The number of hydrogen-bond donors (Lipinski definition) is 0. The zero-order valence-electron chi connectivity index (χ0n) is 17.1. The van der Waals surface area contributed by atoms with E-state index in [4.69, 9.17) is 9.47 Å². The van der Waals surface area contributed by atoms with Crippen LogP contribution < -0.4 is 0 Å². The summed E-state index contributed by atoms with van der Waals surface area (Å²) in [5.41, 5.74) is 0.264. The zero-order valence-corrected chi connectivity index (χ0v) is 17.1.